The summed E-state index contributed by atoms with van der Waals surface area (Å²) in [4.78, 5) is 11.7. The lowest BCUT2D eigenvalue weighted by Crippen LogP contribution is -2.56. The van der Waals surface area contributed by atoms with Gasteiger partial charge < -0.3 is 14.2 Å². The second-order valence-electron chi connectivity index (χ2n) is 10.4. The maximum atomic E-state index is 11.7. The molecule has 6 fully saturated rings. The van der Waals surface area contributed by atoms with Crippen molar-refractivity contribution in [3.63, 3.8) is 0 Å². The zero-order valence-electron chi connectivity index (χ0n) is 15.6. The van der Waals surface area contributed by atoms with Gasteiger partial charge in [0.25, 0.3) is 0 Å². The minimum absolute atomic E-state index is 0.0149. The van der Waals surface area contributed by atoms with E-state index in [1.54, 1.807) is 0 Å². The molecule has 0 spiro atoms. The van der Waals surface area contributed by atoms with Crippen molar-refractivity contribution < 1.29 is 19.0 Å². The summed E-state index contributed by atoms with van der Waals surface area (Å²) in [5.74, 6) is 2.33. The number of rotatable bonds is 1. The van der Waals surface area contributed by atoms with Gasteiger partial charge in [-0.1, -0.05) is 13.8 Å². The van der Waals surface area contributed by atoms with Crippen molar-refractivity contribution in [2.75, 3.05) is 0 Å². The Morgan fingerprint density at radius 2 is 1.92 bits per heavy atom. The molecule has 138 valence electrons. The molecule has 6 aliphatic rings. The SMILES string of the molecule is CC(=O)O[C@]12O[C@H]1C[C@H]1[C@@H]3CC[C@H]4C[C@@H]5O[C@@H]5C[C@]4(C)[C@H]3CC[C@]12C. The number of esters is 1. The van der Waals surface area contributed by atoms with E-state index >= 15 is 0 Å². The molecule has 10 atom stereocenters. The summed E-state index contributed by atoms with van der Waals surface area (Å²) in [7, 11) is 0. The largest absolute Gasteiger partial charge is 0.430 e. The normalized spacial score (nSPS) is 63.4. The summed E-state index contributed by atoms with van der Waals surface area (Å²) in [6.45, 7) is 6.44. The molecule has 4 saturated carbocycles. The zero-order valence-corrected chi connectivity index (χ0v) is 15.6. The van der Waals surface area contributed by atoms with Gasteiger partial charge in [0.15, 0.2) is 0 Å². The quantitative estimate of drug-likeness (QED) is 0.537. The first-order valence-electron chi connectivity index (χ1n) is 10.4. The average molecular weight is 346 g/mol. The van der Waals surface area contributed by atoms with Gasteiger partial charge in [0.05, 0.1) is 12.2 Å². The summed E-state index contributed by atoms with van der Waals surface area (Å²) in [6.07, 6.45) is 10.1. The van der Waals surface area contributed by atoms with Crippen LogP contribution in [0.5, 0.6) is 0 Å². The number of hydrogen-bond acceptors (Lipinski definition) is 4. The van der Waals surface area contributed by atoms with E-state index < -0.39 is 5.79 Å². The minimum Gasteiger partial charge on any atom is -0.430 e. The third-order valence-electron chi connectivity index (χ3n) is 9.54. The summed E-state index contributed by atoms with van der Waals surface area (Å²) in [5, 5.41) is 0. The van der Waals surface area contributed by atoms with E-state index in [2.05, 4.69) is 13.8 Å². The Labute approximate surface area is 150 Å². The monoisotopic (exact) mass is 346 g/mol. The molecule has 0 aromatic carbocycles. The van der Waals surface area contributed by atoms with Crippen LogP contribution in [0.1, 0.15) is 65.7 Å². The molecule has 0 amide bonds. The van der Waals surface area contributed by atoms with Crippen molar-refractivity contribution in [2.24, 2.45) is 34.5 Å². The Bertz CT molecular complexity index is 648. The highest BCUT2D eigenvalue weighted by Crippen LogP contribution is 2.74. The predicted molar refractivity (Wildman–Crippen MR) is 90.5 cm³/mol. The molecule has 0 bridgehead atoms. The number of epoxide rings is 2. The first-order valence-corrected chi connectivity index (χ1v) is 10.4. The van der Waals surface area contributed by atoms with Gasteiger partial charge in [0.2, 0.25) is 5.79 Å². The smallest absolute Gasteiger partial charge is 0.305 e. The second-order valence-corrected chi connectivity index (χ2v) is 10.4. The van der Waals surface area contributed by atoms with E-state index in [9.17, 15) is 4.79 Å². The minimum atomic E-state index is -0.594. The van der Waals surface area contributed by atoms with Gasteiger partial charge in [-0.05, 0) is 74.0 Å². The molecule has 25 heavy (non-hydrogen) atoms. The van der Waals surface area contributed by atoms with Gasteiger partial charge >= 0.3 is 5.97 Å². The Morgan fingerprint density at radius 3 is 2.72 bits per heavy atom. The summed E-state index contributed by atoms with van der Waals surface area (Å²) in [5.41, 5.74) is 0.477. The predicted octanol–water partition coefficient (Wildman–Crippen LogP) is 3.67. The van der Waals surface area contributed by atoms with E-state index in [1.165, 1.54) is 39.0 Å². The van der Waals surface area contributed by atoms with Gasteiger partial charge in [0, 0.05) is 12.3 Å². The number of hydrogen-bond donors (Lipinski definition) is 0. The zero-order chi connectivity index (χ0) is 17.2. The van der Waals surface area contributed by atoms with Crippen LogP contribution in [0.15, 0.2) is 0 Å². The van der Waals surface area contributed by atoms with E-state index in [0.29, 0.717) is 23.5 Å². The van der Waals surface area contributed by atoms with Crippen molar-refractivity contribution >= 4 is 5.97 Å². The molecule has 2 aliphatic heterocycles. The molecule has 4 nitrogen and oxygen atoms in total. The molecule has 0 aromatic heterocycles. The van der Waals surface area contributed by atoms with Crippen LogP contribution in [0.2, 0.25) is 0 Å². The maximum absolute atomic E-state index is 11.7. The van der Waals surface area contributed by atoms with Crippen molar-refractivity contribution in [1.82, 2.24) is 0 Å². The van der Waals surface area contributed by atoms with Crippen molar-refractivity contribution in [2.45, 2.75) is 89.8 Å². The van der Waals surface area contributed by atoms with Crippen LogP contribution in [-0.4, -0.2) is 30.1 Å². The van der Waals surface area contributed by atoms with Crippen LogP contribution < -0.4 is 0 Å². The molecule has 4 heteroatoms. The molecule has 0 radical (unpaired) electrons. The first-order chi connectivity index (χ1) is 11.9. The standard InChI is InChI=1S/C21H30O4/c1-11(22)24-21-18(25-21)9-15-13-5-4-12-8-16-17(23-16)10-19(12,2)14(13)6-7-20(15,21)3/h12-18H,4-10H2,1-3H3/t12-,13+,14-,15-,16-,17+,18-,19-,20+,21-/m0/s1. The summed E-state index contributed by atoms with van der Waals surface area (Å²) in [6, 6.07) is 0. The van der Waals surface area contributed by atoms with Crippen LogP contribution in [0.25, 0.3) is 0 Å². The molecular weight excluding hydrogens is 316 g/mol. The van der Waals surface area contributed by atoms with Crippen LogP contribution in [0, 0.1) is 34.5 Å². The van der Waals surface area contributed by atoms with Crippen LogP contribution in [0.3, 0.4) is 0 Å². The molecule has 2 saturated heterocycles. The molecule has 2 heterocycles. The van der Waals surface area contributed by atoms with Gasteiger partial charge in [-0.15, -0.1) is 0 Å². The topological polar surface area (TPSA) is 51.4 Å². The third-order valence-corrected chi connectivity index (χ3v) is 9.54. The van der Waals surface area contributed by atoms with E-state index in [-0.39, 0.29) is 17.5 Å². The van der Waals surface area contributed by atoms with Gasteiger partial charge in [-0.25, -0.2) is 0 Å². The van der Waals surface area contributed by atoms with E-state index in [1.807, 2.05) is 0 Å². The molecular formula is C21H30O4. The highest BCUT2D eigenvalue weighted by atomic mass is 16.8. The fourth-order valence-corrected chi connectivity index (χ4v) is 8.24. The van der Waals surface area contributed by atoms with E-state index in [4.69, 9.17) is 14.2 Å². The van der Waals surface area contributed by atoms with E-state index in [0.717, 1.165) is 30.6 Å². The lowest BCUT2D eigenvalue weighted by atomic mass is 9.45. The highest BCUT2D eigenvalue weighted by Gasteiger charge is 2.80. The van der Waals surface area contributed by atoms with Crippen LogP contribution in [-0.2, 0) is 19.0 Å². The Morgan fingerprint density at radius 1 is 1.08 bits per heavy atom. The molecule has 0 aromatic rings. The average Bonchev–Trinajstić information content (AvgIpc) is 3.42. The fourth-order valence-electron chi connectivity index (χ4n) is 8.24. The van der Waals surface area contributed by atoms with Crippen LogP contribution >= 0.6 is 0 Å². The summed E-state index contributed by atoms with van der Waals surface area (Å²) < 4.78 is 17.7. The fraction of sp³-hybridized carbons (Fsp3) is 0.952. The lowest BCUT2D eigenvalue weighted by Gasteiger charge is -2.60. The Balaban J connectivity index is 1.32. The third kappa shape index (κ3) is 1.74. The number of carbonyl (C=O) groups excluding carboxylic acids is 1. The second kappa shape index (κ2) is 4.44. The Kier molecular flexibility index (Phi) is 2.74. The maximum Gasteiger partial charge on any atom is 0.305 e. The van der Waals surface area contributed by atoms with Gasteiger partial charge in [0.1, 0.15) is 6.10 Å². The van der Waals surface area contributed by atoms with Crippen LogP contribution in [0.4, 0.5) is 0 Å². The van der Waals surface area contributed by atoms with Gasteiger partial charge in [-0.3, -0.25) is 4.79 Å². The molecule has 6 rings (SSSR count). The number of ether oxygens (including phenoxy) is 3. The highest BCUT2D eigenvalue weighted by molar-refractivity contribution is 5.67. The molecule has 0 N–H and O–H groups in total. The lowest BCUT2D eigenvalue weighted by molar-refractivity contribution is -0.198. The van der Waals surface area contributed by atoms with Crippen molar-refractivity contribution in [3.05, 3.63) is 0 Å². The molecule has 4 aliphatic carbocycles. The number of fused-ring (bicyclic) bond motifs is 8. The number of carbonyl (C=O) groups is 1. The molecule has 0 unspecified atom stereocenters. The summed E-state index contributed by atoms with van der Waals surface area (Å²) >= 11 is 0. The van der Waals surface area contributed by atoms with Crippen molar-refractivity contribution in [3.8, 4) is 0 Å². The van der Waals surface area contributed by atoms with Gasteiger partial charge in [-0.2, -0.15) is 0 Å². The van der Waals surface area contributed by atoms with Crippen molar-refractivity contribution in [1.29, 1.82) is 0 Å². The Hall–Kier alpha value is -0.610. The first kappa shape index (κ1) is 15.4.